The monoisotopic (exact) mass is 235 g/mol. The van der Waals surface area contributed by atoms with E-state index >= 15 is 0 Å². The number of carboxylic acids is 2. The third kappa shape index (κ3) is 1.30. The molecular weight excluding hydrogens is 226 g/mol. The Kier molecular flexibility index (Phi) is 2.35. The van der Waals surface area contributed by atoms with E-state index in [4.69, 9.17) is 10.2 Å². The van der Waals surface area contributed by atoms with Gasteiger partial charge in [-0.25, -0.2) is 0 Å². The average Bonchev–Trinajstić information content (AvgIpc) is 2.39. The van der Waals surface area contributed by atoms with Crippen LogP contribution in [0.5, 0.6) is 0 Å². The first-order chi connectivity index (χ1) is 8.01. The van der Waals surface area contributed by atoms with Crippen molar-refractivity contribution in [1.29, 1.82) is 0 Å². The zero-order valence-electron chi connectivity index (χ0n) is 8.58. The normalized spacial score (nSPS) is 24.6. The Bertz CT molecular complexity index is 486. The molecule has 0 bridgehead atoms. The highest BCUT2D eigenvalue weighted by atomic mass is 16.4. The fourth-order valence-electron chi connectivity index (χ4n) is 2.03. The van der Waals surface area contributed by atoms with Crippen LogP contribution in [0.25, 0.3) is 0 Å². The Morgan fingerprint density at radius 3 is 2.41 bits per heavy atom. The van der Waals surface area contributed by atoms with Crippen LogP contribution in [0.3, 0.4) is 0 Å². The topological polar surface area (TPSA) is 104 Å². The third-order valence-electron chi connectivity index (χ3n) is 2.89. The summed E-state index contributed by atoms with van der Waals surface area (Å²) >= 11 is 0. The molecule has 1 unspecified atom stereocenters. The van der Waals surface area contributed by atoms with Gasteiger partial charge in [-0.2, -0.15) is 0 Å². The Balaban J connectivity index is 2.64. The highest BCUT2D eigenvalue weighted by Crippen LogP contribution is 2.41. The van der Waals surface area contributed by atoms with Crippen molar-refractivity contribution in [3.8, 4) is 0 Å². The van der Waals surface area contributed by atoms with Gasteiger partial charge in [0.15, 0.2) is 0 Å². The van der Waals surface area contributed by atoms with Crippen molar-refractivity contribution in [2.24, 2.45) is 11.3 Å². The molecule has 0 aromatic rings. The van der Waals surface area contributed by atoms with Crippen LogP contribution >= 0.6 is 0 Å². The molecule has 6 nitrogen and oxygen atoms in total. The summed E-state index contributed by atoms with van der Waals surface area (Å²) in [6.07, 6.45) is 7.65. The van der Waals surface area contributed by atoms with Crippen molar-refractivity contribution >= 4 is 17.8 Å². The van der Waals surface area contributed by atoms with Crippen LogP contribution in [0, 0.1) is 11.3 Å². The van der Waals surface area contributed by atoms with Gasteiger partial charge >= 0.3 is 11.9 Å². The lowest BCUT2D eigenvalue weighted by Gasteiger charge is -2.20. The summed E-state index contributed by atoms with van der Waals surface area (Å²) in [5.74, 6) is -5.36. The summed E-state index contributed by atoms with van der Waals surface area (Å²) in [6.45, 7) is 0. The van der Waals surface area contributed by atoms with Crippen molar-refractivity contribution in [2.75, 3.05) is 0 Å². The minimum Gasteiger partial charge on any atom is -0.480 e. The number of carbonyl (C=O) groups is 3. The summed E-state index contributed by atoms with van der Waals surface area (Å²) in [6, 6.07) is 0. The van der Waals surface area contributed by atoms with E-state index in [1.54, 1.807) is 12.2 Å². The smallest absolute Gasteiger partial charge is 0.331 e. The maximum absolute atomic E-state index is 11.7. The van der Waals surface area contributed by atoms with Gasteiger partial charge in [-0.3, -0.25) is 14.4 Å². The van der Waals surface area contributed by atoms with Gasteiger partial charge in [0.2, 0.25) is 0 Å². The molecule has 1 atom stereocenters. The van der Waals surface area contributed by atoms with Gasteiger partial charge < -0.3 is 15.5 Å². The molecule has 0 aromatic carbocycles. The van der Waals surface area contributed by atoms with Crippen LogP contribution < -0.4 is 5.32 Å². The van der Waals surface area contributed by atoms with E-state index in [1.807, 2.05) is 0 Å². The van der Waals surface area contributed by atoms with Crippen molar-refractivity contribution in [1.82, 2.24) is 5.32 Å². The van der Waals surface area contributed by atoms with Gasteiger partial charge in [-0.15, -0.1) is 0 Å². The average molecular weight is 235 g/mol. The van der Waals surface area contributed by atoms with Crippen LogP contribution in [-0.4, -0.2) is 28.1 Å². The zero-order valence-corrected chi connectivity index (χ0v) is 8.58. The lowest BCUT2D eigenvalue weighted by Crippen LogP contribution is -2.49. The van der Waals surface area contributed by atoms with E-state index in [9.17, 15) is 14.4 Å². The Morgan fingerprint density at radius 2 is 1.82 bits per heavy atom. The molecule has 17 heavy (non-hydrogen) atoms. The van der Waals surface area contributed by atoms with E-state index in [0.717, 1.165) is 0 Å². The molecule has 0 radical (unpaired) electrons. The van der Waals surface area contributed by atoms with E-state index in [2.05, 4.69) is 5.32 Å². The van der Waals surface area contributed by atoms with E-state index < -0.39 is 29.2 Å². The van der Waals surface area contributed by atoms with Crippen molar-refractivity contribution in [3.63, 3.8) is 0 Å². The highest BCUT2D eigenvalue weighted by molar-refractivity contribution is 6.21. The zero-order chi connectivity index (χ0) is 12.6. The number of fused-ring (bicyclic) bond motifs is 1. The second-order valence-corrected chi connectivity index (χ2v) is 3.74. The standard InChI is InChI=1S/C11H9NO5/c13-8-11(9(14)15,10(16)17)6-4-2-1-3-5-7(6)12-8/h1-6H,(H,12,13)(H,14,15)(H,16,17). The fraction of sp³-hybridized carbons (Fsp3) is 0.182. The quantitative estimate of drug-likeness (QED) is 0.580. The predicted octanol–water partition coefficient (Wildman–Crippen LogP) is -0.102. The molecule has 0 saturated carbocycles. The van der Waals surface area contributed by atoms with Crippen molar-refractivity contribution < 1.29 is 24.6 Å². The minimum atomic E-state index is -2.48. The summed E-state index contributed by atoms with van der Waals surface area (Å²) in [4.78, 5) is 34.1. The second kappa shape index (κ2) is 3.58. The predicted molar refractivity (Wildman–Crippen MR) is 55.7 cm³/mol. The lowest BCUT2D eigenvalue weighted by atomic mass is 9.76. The van der Waals surface area contributed by atoms with Crippen LogP contribution in [0.15, 0.2) is 36.1 Å². The molecule has 6 heteroatoms. The van der Waals surface area contributed by atoms with E-state index in [-0.39, 0.29) is 5.70 Å². The Hall–Kier alpha value is -2.37. The molecule has 2 aliphatic rings. The number of hydrogen-bond acceptors (Lipinski definition) is 3. The molecule has 1 saturated heterocycles. The molecule has 1 heterocycles. The van der Waals surface area contributed by atoms with Crippen molar-refractivity contribution in [3.05, 3.63) is 36.1 Å². The molecule has 0 aromatic heterocycles. The van der Waals surface area contributed by atoms with Gasteiger partial charge in [-0.05, 0) is 6.08 Å². The minimum absolute atomic E-state index is 0.282. The largest absolute Gasteiger partial charge is 0.480 e. The van der Waals surface area contributed by atoms with Gasteiger partial charge in [0.1, 0.15) is 0 Å². The van der Waals surface area contributed by atoms with Crippen LogP contribution in [0.4, 0.5) is 0 Å². The number of aliphatic carboxylic acids is 2. The summed E-state index contributed by atoms with van der Waals surface area (Å²) in [5.41, 5.74) is -2.20. The van der Waals surface area contributed by atoms with Gasteiger partial charge in [0, 0.05) is 5.70 Å². The Labute approximate surface area is 95.9 Å². The SMILES string of the molecule is O=C(O)C1(C(=O)O)C(=O)NC2=CC=CC=CC21. The Morgan fingerprint density at radius 1 is 1.18 bits per heavy atom. The molecule has 2 rings (SSSR count). The summed E-state index contributed by atoms with van der Waals surface area (Å²) in [7, 11) is 0. The molecule has 1 aliphatic carbocycles. The third-order valence-corrected chi connectivity index (χ3v) is 2.89. The first-order valence-corrected chi connectivity index (χ1v) is 4.84. The van der Waals surface area contributed by atoms with Crippen LogP contribution in [-0.2, 0) is 14.4 Å². The second-order valence-electron chi connectivity index (χ2n) is 3.74. The fourth-order valence-corrected chi connectivity index (χ4v) is 2.03. The van der Waals surface area contributed by atoms with E-state index in [1.165, 1.54) is 18.2 Å². The molecular formula is C11H9NO5. The van der Waals surface area contributed by atoms with Crippen molar-refractivity contribution in [2.45, 2.75) is 0 Å². The number of hydrogen-bond donors (Lipinski definition) is 3. The molecule has 88 valence electrons. The van der Waals surface area contributed by atoms with Gasteiger partial charge in [0.05, 0.1) is 5.92 Å². The maximum Gasteiger partial charge on any atom is 0.331 e. The number of carboxylic acid groups (broad SMARTS) is 2. The van der Waals surface area contributed by atoms with Crippen LogP contribution in [0.2, 0.25) is 0 Å². The van der Waals surface area contributed by atoms with E-state index in [0.29, 0.717) is 0 Å². The number of nitrogens with one attached hydrogen (secondary N) is 1. The molecule has 0 spiro atoms. The van der Waals surface area contributed by atoms with Gasteiger partial charge in [0.25, 0.3) is 11.3 Å². The number of allylic oxidation sites excluding steroid dienone is 5. The maximum atomic E-state index is 11.7. The lowest BCUT2D eigenvalue weighted by molar-refractivity contribution is -0.168. The number of amides is 1. The first kappa shape index (κ1) is 11.1. The molecule has 3 N–H and O–H groups in total. The number of carbonyl (C=O) groups excluding carboxylic acids is 1. The number of rotatable bonds is 2. The first-order valence-electron chi connectivity index (χ1n) is 4.84. The molecule has 1 fully saturated rings. The van der Waals surface area contributed by atoms with Crippen LogP contribution in [0.1, 0.15) is 0 Å². The molecule has 1 aliphatic heterocycles. The highest BCUT2D eigenvalue weighted by Gasteiger charge is 2.64. The summed E-state index contributed by atoms with van der Waals surface area (Å²) in [5, 5.41) is 20.5. The summed E-state index contributed by atoms with van der Waals surface area (Å²) < 4.78 is 0. The van der Waals surface area contributed by atoms with Gasteiger partial charge in [-0.1, -0.05) is 24.3 Å². The molecule has 1 amide bonds.